The summed E-state index contributed by atoms with van der Waals surface area (Å²) in [5.74, 6) is 0.0807. The molecule has 6 nitrogen and oxygen atoms in total. The highest BCUT2D eigenvalue weighted by Crippen LogP contribution is 2.39. The van der Waals surface area contributed by atoms with Crippen molar-refractivity contribution in [1.82, 2.24) is 5.43 Å². The van der Waals surface area contributed by atoms with Crippen molar-refractivity contribution in [3.05, 3.63) is 52.6 Å². The van der Waals surface area contributed by atoms with Gasteiger partial charge >= 0.3 is 0 Å². The fourth-order valence-corrected chi connectivity index (χ4v) is 2.94. The number of benzene rings is 2. The number of rotatable bonds is 4. The van der Waals surface area contributed by atoms with Crippen molar-refractivity contribution in [3.63, 3.8) is 0 Å². The zero-order chi connectivity index (χ0) is 22.0. The summed E-state index contributed by atoms with van der Waals surface area (Å²) in [4.78, 5) is 12.7. The van der Waals surface area contributed by atoms with E-state index in [-0.39, 0.29) is 22.3 Å². The lowest BCUT2D eigenvalue weighted by molar-refractivity contribution is 0.0955. The monoisotopic (exact) mass is 398 g/mol. The van der Waals surface area contributed by atoms with E-state index in [1.54, 1.807) is 30.3 Å². The lowest BCUT2D eigenvalue weighted by Gasteiger charge is -2.28. The molecule has 0 aliphatic carbocycles. The second-order valence-corrected chi connectivity index (χ2v) is 9.02. The van der Waals surface area contributed by atoms with E-state index in [0.717, 1.165) is 0 Å². The minimum Gasteiger partial charge on any atom is -0.507 e. The van der Waals surface area contributed by atoms with Gasteiger partial charge in [-0.25, -0.2) is 5.43 Å². The Hall–Kier alpha value is -3.02. The molecule has 6 heteroatoms. The Morgan fingerprint density at radius 1 is 1.00 bits per heavy atom. The summed E-state index contributed by atoms with van der Waals surface area (Å²) in [5, 5.41) is 24.8. The third-order valence-electron chi connectivity index (χ3n) is 4.61. The fraction of sp³-hybridized carbons (Fsp3) is 0.391. The average molecular weight is 399 g/mol. The average Bonchev–Trinajstić information content (AvgIpc) is 2.61. The van der Waals surface area contributed by atoms with Gasteiger partial charge in [0.15, 0.2) is 11.5 Å². The number of amides is 1. The Morgan fingerprint density at radius 2 is 1.55 bits per heavy atom. The number of aromatic hydroxyl groups is 2. The van der Waals surface area contributed by atoms with Crippen LogP contribution < -0.4 is 10.2 Å². The van der Waals surface area contributed by atoms with Crippen molar-refractivity contribution >= 4 is 12.1 Å². The summed E-state index contributed by atoms with van der Waals surface area (Å²) >= 11 is 0. The van der Waals surface area contributed by atoms with Crippen LogP contribution in [0.25, 0.3) is 0 Å². The van der Waals surface area contributed by atoms with Crippen LogP contribution >= 0.6 is 0 Å². The molecule has 0 saturated carbocycles. The largest absolute Gasteiger partial charge is 0.507 e. The maximum atomic E-state index is 12.7. The van der Waals surface area contributed by atoms with E-state index in [0.29, 0.717) is 28.0 Å². The van der Waals surface area contributed by atoms with E-state index in [4.69, 9.17) is 4.74 Å². The van der Waals surface area contributed by atoms with Crippen molar-refractivity contribution in [3.8, 4) is 17.2 Å². The van der Waals surface area contributed by atoms with Crippen LogP contribution in [0.4, 0.5) is 0 Å². The lowest BCUT2D eigenvalue weighted by atomic mass is 9.78. The molecule has 2 aromatic rings. The molecule has 0 bridgehead atoms. The summed E-state index contributed by atoms with van der Waals surface area (Å²) in [6.45, 7) is 11.9. The molecular weight excluding hydrogens is 368 g/mol. The van der Waals surface area contributed by atoms with Gasteiger partial charge in [0.25, 0.3) is 5.91 Å². The van der Waals surface area contributed by atoms with Crippen LogP contribution in [-0.4, -0.2) is 29.4 Å². The molecule has 0 aromatic heterocycles. The molecule has 0 spiro atoms. The molecule has 0 aliphatic rings. The number of hydrazone groups is 1. The van der Waals surface area contributed by atoms with Gasteiger partial charge in [-0.2, -0.15) is 5.10 Å². The molecule has 0 heterocycles. The maximum absolute atomic E-state index is 12.7. The molecule has 1 amide bonds. The SMILES string of the molecule is COc1cccc(C=NNC(=O)c2cc(C(C)(C)C)c(O)c(C(C)(C)C)c2)c1O. The summed E-state index contributed by atoms with van der Waals surface area (Å²) < 4.78 is 5.06. The van der Waals surface area contributed by atoms with Gasteiger partial charge in [0, 0.05) is 22.3 Å². The van der Waals surface area contributed by atoms with Gasteiger partial charge in [-0.3, -0.25) is 4.79 Å². The number of phenolic OH excluding ortho intramolecular Hbond substituents is 2. The second kappa shape index (κ2) is 8.15. The Balaban J connectivity index is 2.36. The predicted molar refractivity (Wildman–Crippen MR) is 115 cm³/mol. The Labute approximate surface area is 172 Å². The number of hydrogen-bond donors (Lipinski definition) is 3. The molecule has 2 rings (SSSR count). The van der Waals surface area contributed by atoms with Gasteiger partial charge in [0.1, 0.15) is 5.75 Å². The number of carbonyl (C=O) groups is 1. The molecule has 0 atom stereocenters. The van der Waals surface area contributed by atoms with Gasteiger partial charge in [0.2, 0.25) is 0 Å². The minimum atomic E-state index is -0.403. The van der Waals surface area contributed by atoms with Crippen LogP contribution in [0.3, 0.4) is 0 Å². The molecular formula is C23H30N2O4. The molecule has 0 saturated heterocycles. The lowest BCUT2D eigenvalue weighted by Crippen LogP contribution is -2.22. The van der Waals surface area contributed by atoms with Crippen LogP contribution in [0.1, 0.15) is 68.6 Å². The first-order chi connectivity index (χ1) is 13.4. The number of methoxy groups -OCH3 is 1. The van der Waals surface area contributed by atoms with E-state index in [9.17, 15) is 15.0 Å². The van der Waals surface area contributed by atoms with Crippen LogP contribution in [0.15, 0.2) is 35.4 Å². The first kappa shape index (κ1) is 22.3. The third kappa shape index (κ3) is 5.08. The zero-order valence-corrected chi connectivity index (χ0v) is 18.1. The second-order valence-electron chi connectivity index (χ2n) is 9.02. The molecule has 0 fully saturated rings. The van der Waals surface area contributed by atoms with Crippen molar-refractivity contribution in [1.29, 1.82) is 0 Å². The number of nitrogens with one attached hydrogen (secondary N) is 1. The van der Waals surface area contributed by atoms with E-state index >= 15 is 0 Å². The molecule has 0 unspecified atom stereocenters. The van der Waals surface area contributed by atoms with Crippen molar-refractivity contribution in [2.24, 2.45) is 5.10 Å². The highest BCUT2D eigenvalue weighted by Gasteiger charge is 2.27. The van der Waals surface area contributed by atoms with Gasteiger partial charge in [-0.15, -0.1) is 0 Å². The number of phenols is 2. The summed E-state index contributed by atoms with van der Waals surface area (Å²) in [6.07, 6.45) is 1.35. The van der Waals surface area contributed by atoms with Gasteiger partial charge in [-0.1, -0.05) is 47.6 Å². The molecule has 0 radical (unpaired) electrons. The normalized spacial score (nSPS) is 12.2. The third-order valence-corrected chi connectivity index (χ3v) is 4.61. The quantitative estimate of drug-likeness (QED) is 0.524. The van der Waals surface area contributed by atoms with E-state index in [1.165, 1.54) is 13.3 Å². The molecule has 3 N–H and O–H groups in total. The first-order valence-corrected chi connectivity index (χ1v) is 9.43. The van der Waals surface area contributed by atoms with Gasteiger partial charge in [-0.05, 0) is 35.1 Å². The standard InChI is InChI=1S/C23H30N2O4/c1-22(2,3)16-11-15(12-17(20(16)27)23(4,5)6)21(28)25-24-13-14-9-8-10-18(29-7)19(14)26/h8-13,26-27H,1-7H3,(H,25,28). The summed E-state index contributed by atoms with van der Waals surface area (Å²) in [5.41, 5.74) is 4.03. The topological polar surface area (TPSA) is 91.2 Å². The zero-order valence-electron chi connectivity index (χ0n) is 18.1. The molecule has 156 valence electrons. The highest BCUT2D eigenvalue weighted by atomic mass is 16.5. The van der Waals surface area contributed by atoms with Crippen LogP contribution in [0.2, 0.25) is 0 Å². The number of nitrogens with zero attached hydrogens (tertiary/aromatic N) is 1. The van der Waals surface area contributed by atoms with Crippen molar-refractivity contribution < 1.29 is 19.7 Å². The highest BCUT2D eigenvalue weighted by molar-refractivity contribution is 5.96. The van der Waals surface area contributed by atoms with Gasteiger partial charge in [0.05, 0.1) is 13.3 Å². The number of hydrogen-bond acceptors (Lipinski definition) is 5. The number of ether oxygens (including phenoxy) is 1. The van der Waals surface area contributed by atoms with Crippen LogP contribution in [0.5, 0.6) is 17.2 Å². The minimum absolute atomic E-state index is 0.0531. The Morgan fingerprint density at radius 3 is 2.03 bits per heavy atom. The number of para-hydroxylation sites is 1. The first-order valence-electron chi connectivity index (χ1n) is 9.43. The fourth-order valence-electron chi connectivity index (χ4n) is 2.94. The van der Waals surface area contributed by atoms with Crippen molar-refractivity contribution in [2.75, 3.05) is 7.11 Å². The van der Waals surface area contributed by atoms with Crippen molar-refractivity contribution in [2.45, 2.75) is 52.4 Å². The van der Waals surface area contributed by atoms with Gasteiger partial charge < -0.3 is 14.9 Å². The smallest absolute Gasteiger partial charge is 0.271 e. The van der Waals surface area contributed by atoms with E-state index in [2.05, 4.69) is 10.5 Å². The van der Waals surface area contributed by atoms with E-state index in [1.807, 2.05) is 41.5 Å². The van der Waals surface area contributed by atoms with Crippen LogP contribution in [-0.2, 0) is 10.8 Å². The Kier molecular flexibility index (Phi) is 6.26. The number of carbonyl (C=O) groups excluding carboxylic acids is 1. The summed E-state index contributed by atoms with van der Waals surface area (Å²) in [6, 6.07) is 8.39. The molecule has 29 heavy (non-hydrogen) atoms. The van der Waals surface area contributed by atoms with Crippen LogP contribution in [0, 0.1) is 0 Å². The predicted octanol–water partition coefficient (Wildman–Crippen LogP) is 4.47. The maximum Gasteiger partial charge on any atom is 0.271 e. The molecule has 2 aromatic carbocycles. The molecule has 0 aliphatic heterocycles. The van der Waals surface area contributed by atoms with E-state index < -0.39 is 5.91 Å². The Bertz CT molecular complexity index is 900. The summed E-state index contributed by atoms with van der Waals surface area (Å²) in [7, 11) is 1.46.